The molecular weight excluding hydrogens is 290 g/mol. The molecule has 1 heterocycles. The highest BCUT2D eigenvalue weighted by atomic mass is 16.5. The lowest BCUT2D eigenvalue weighted by Crippen LogP contribution is -2.15. The lowest BCUT2D eigenvalue weighted by molar-refractivity contribution is 0.0471. The second-order valence-electron chi connectivity index (χ2n) is 5.66. The highest BCUT2D eigenvalue weighted by Gasteiger charge is 2.09. The van der Waals surface area contributed by atoms with Crippen molar-refractivity contribution in [2.75, 3.05) is 0 Å². The van der Waals surface area contributed by atoms with E-state index in [1.807, 2.05) is 44.2 Å². The van der Waals surface area contributed by atoms with Gasteiger partial charge in [0.1, 0.15) is 6.61 Å². The lowest BCUT2D eigenvalue weighted by atomic mass is 10.1. The molecule has 0 saturated carbocycles. The Morgan fingerprint density at radius 3 is 2.43 bits per heavy atom. The zero-order valence-corrected chi connectivity index (χ0v) is 13.1. The molecule has 23 heavy (non-hydrogen) atoms. The second kappa shape index (κ2) is 6.08. The van der Waals surface area contributed by atoms with Gasteiger partial charge in [-0.3, -0.25) is 4.79 Å². The molecule has 0 radical (unpaired) electrons. The zero-order valence-electron chi connectivity index (χ0n) is 13.1. The van der Waals surface area contributed by atoms with Crippen LogP contribution in [0, 0.1) is 13.8 Å². The quantitative estimate of drug-likeness (QED) is 0.753. The minimum Gasteiger partial charge on any atom is -0.457 e. The van der Waals surface area contributed by atoms with Gasteiger partial charge in [-0.2, -0.15) is 0 Å². The van der Waals surface area contributed by atoms with Crippen molar-refractivity contribution < 1.29 is 9.53 Å². The Labute approximate surface area is 133 Å². The highest BCUT2D eigenvalue weighted by molar-refractivity contribution is 5.89. The standard InChI is InChI=1S/C19H17NO3/c1-12-3-6-14(7-4-12)19(22)23-11-16-10-15-8-5-13(2)9-17(15)20-18(16)21/h3-10H,11H2,1-2H3,(H,20,21). The Balaban J connectivity index is 1.80. The summed E-state index contributed by atoms with van der Waals surface area (Å²) in [5, 5.41) is 0.914. The minimum absolute atomic E-state index is 0.0497. The fraction of sp³-hybridized carbons (Fsp3) is 0.158. The summed E-state index contributed by atoms with van der Waals surface area (Å²) in [7, 11) is 0. The van der Waals surface area contributed by atoms with E-state index in [1.165, 1.54) is 0 Å². The number of hydrogen-bond donors (Lipinski definition) is 1. The number of aryl methyl sites for hydroxylation is 2. The Bertz CT molecular complexity index is 923. The van der Waals surface area contributed by atoms with Crippen LogP contribution in [0.5, 0.6) is 0 Å². The van der Waals surface area contributed by atoms with Gasteiger partial charge in [0.15, 0.2) is 0 Å². The van der Waals surface area contributed by atoms with E-state index < -0.39 is 5.97 Å². The summed E-state index contributed by atoms with van der Waals surface area (Å²) in [6, 6.07) is 14.7. The van der Waals surface area contributed by atoms with Crippen LogP contribution < -0.4 is 5.56 Å². The minimum atomic E-state index is -0.437. The molecule has 0 aliphatic rings. The topological polar surface area (TPSA) is 59.2 Å². The number of carbonyl (C=O) groups excluding carboxylic acids is 1. The largest absolute Gasteiger partial charge is 0.457 e. The van der Waals surface area contributed by atoms with Crippen LogP contribution in [0.4, 0.5) is 0 Å². The number of pyridine rings is 1. The van der Waals surface area contributed by atoms with Gasteiger partial charge in [-0.15, -0.1) is 0 Å². The molecule has 0 amide bonds. The molecule has 0 fully saturated rings. The Hall–Kier alpha value is -2.88. The molecule has 116 valence electrons. The predicted octanol–water partition coefficient (Wildman–Crippen LogP) is 3.50. The number of esters is 1. The summed E-state index contributed by atoms with van der Waals surface area (Å²) in [6.45, 7) is 3.87. The van der Waals surface area contributed by atoms with Crippen LogP contribution in [-0.4, -0.2) is 11.0 Å². The molecule has 0 unspecified atom stereocenters. The van der Waals surface area contributed by atoms with Crippen LogP contribution in [0.1, 0.15) is 27.0 Å². The van der Waals surface area contributed by atoms with Crippen LogP contribution >= 0.6 is 0 Å². The van der Waals surface area contributed by atoms with E-state index in [4.69, 9.17) is 4.74 Å². The molecule has 2 aromatic carbocycles. The molecule has 0 atom stereocenters. The van der Waals surface area contributed by atoms with E-state index in [1.54, 1.807) is 18.2 Å². The molecule has 1 aromatic heterocycles. The maximum absolute atomic E-state index is 12.1. The number of hydrogen-bond acceptors (Lipinski definition) is 3. The highest BCUT2D eigenvalue weighted by Crippen LogP contribution is 2.14. The van der Waals surface area contributed by atoms with Gasteiger partial charge in [0.25, 0.3) is 5.56 Å². The van der Waals surface area contributed by atoms with Crippen molar-refractivity contribution in [1.82, 2.24) is 4.98 Å². The van der Waals surface area contributed by atoms with Crippen molar-refractivity contribution in [2.45, 2.75) is 20.5 Å². The first-order valence-electron chi connectivity index (χ1n) is 7.39. The van der Waals surface area contributed by atoms with E-state index in [0.717, 1.165) is 22.0 Å². The summed E-state index contributed by atoms with van der Waals surface area (Å²) in [5.41, 5.74) is 3.60. The summed E-state index contributed by atoms with van der Waals surface area (Å²) >= 11 is 0. The summed E-state index contributed by atoms with van der Waals surface area (Å²) in [5.74, 6) is -0.437. The third-order valence-corrected chi connectivity index (χ3v) is 3.72. The Kier molecular flexibility index (Phi) is 3.98. The van der Waals surface area contributed by atoms with Crippen molar-refractivity contribution in [3.8, 4) is 0 Å². The number of rotatable bonds is 3. The average molecular weight is 307 g/mol. The van der Waals surface area contributed by atoms with Gasteiger partial charge in [0.2, 0.25) is 0 Å². The molecule has 0 bridgehead atoms. The number of ether oxygens (including phenoxy) is 1. The summed E-state index contributed by atoms with van der Waals surface area (Å²) in [4.78, 5) is 26.9. The first-order valence-corrected chi connectivity index (χ1v) is 7.39. The molecule has 4 heteroatoms. The molecule has 0 aliphatic heterocycles. The number of nitrogens with one attached hydrogen (secondary N) is 1. The molecule has 3 rings (SSSR count). The molecule has 0 aliphatic carbocycles. The van der Waals surface area contributed by atoms with Gasteiger partial charge in [-0.25, -0.2) is 4.79 Å². The number of aromatic amines is 1. The van der Waals surface area contributed by atoms with Crippen LogP contribution in [0.3, 0.4) is 0 Å². The molecule has 3 aromatic rings. The molecule has 1 N–H and O–H groups in total. The van der Waals surface area contributed by atoms with E-state index in [9.17, 15) is 9.59 Å². The summed E-state index contributed by atoms with van der Waals surface area (Å²) < 4.78 is 5.25. The van der Waals surface area contributed by atoms with Crippen LogP contribution in [0.2, 0.25) is 0 Å². The maximum atomic E-state index is 12.1. The van der Waals surface area contributed by atoms with Crippen LogP contribution in [0.25, 0.3) is 10.9 Å². The zero-order chi connectivity index (χ0) is 16.4. The number of carbonyl (C=O) groups is 1. The van der Waals surface area contributed by atoms with Crippen molar-refractivity contribution in [1.29, 1.82) is 0 Å². The first-order chi connectivity index (χ1) is 11.0. The molecular formula is C19H17NO3. The third kappa shape index (κ3) is 3.31. The van der Waals surface area contributed by atoms with Gasteiger partial charge in [0, 0.05) is 5.52 Å². The van der Waals surface area contributed by atoms with E-state index in [0.29, 0.717) is 11.1 Å². The molecule has 0 saturated heterocycles. The average Bonchev–Trinajstić information content (AvgIpc) is 2.53. The second-order valence-corrected chi connectivity index (χ2v) is 5.66. The first kappa shape index (κ1) is 15.0. The summed E-state index contributed by atoms with van der Waals surface area (Å²) in [6.07, 6.45) is 0. The smallest absolute Gasteiger partial charge is 0.338 e. The Morgan fingerprint density at radius 1 is 1.00 bits per heavy atom. The normalized spacial score (nSPS) is 10.7. The van der Waals surface area contributed by atoms with Crippen molar-refractivity contribution >= 4 is 16.9 Å². The predicted molar refractivity (Wildman–Crippen MR) is 89.6 cm³/mol. The number of benzene rings is 2. The maximum Gasteiger partial charge on any atom is 0.338 e. The lowest BCUT2D eigenvalue weighted by Gasteiger charge is -2.06. The van der Waals surface area contributed by atoms with Gasteiger partial charge in [-0.05, 0) is 49.1 Å². The van der Waals surface area contributed by atoms with Gasteiger partial charge in [-0.1, -0.05) is 29.8 Å². The number of H-pyrrole nitrogens is 1. The van der Waals surface area contributed by atoms with E-state index >= 15 is 0 Å². The number of aromatic nitrogens is 1. The van der Waals surface area contributed by atoms with Gasteiger partial charge >= 0.3 is 5.97 Å². The third-order valence-electron chi connectivity index (χ3n) is 3.72. The van der Waals surface area contributed by atoms with Crippen molar-refractivity contribution in [3.63, 3.8) is 0 Å². The SMILES string of the molecule is Cc1ccc(C(=O)OCc2cc3ccc(C)cc3[nH]c2=O)cc1. The monoisotopic (exact) mass is 307 g/mol. The number of fused-ring (bicyclic) bond motifs is 1. The van der Waals surface area contributed by atoms with Crippen molar-refractivity contribution in [3.05, 3.63) is 81.1 Å². The van der Waals surface area contributed by atoms with Crippen molar-refractivity contribution in [2.24, 2.45) is 0 Å². The van der Waals surface area contributed by atoms with Crippen LogP contribution in [0.15, 0.2) is 53.3 Å². The molecule has 4 nitrogen and oxygen atoms in total. The van der Waals surface area contributed by atoms with Crippen LogP contribution in [-0.2, 0) is 11.3 Å². The fourth-order valence-electron chi connectivity index (χ4n) is 2.38. The Morgan fingerprint density at radius 2 is 1.70 bits per heavy atom. The van der Waals surface area contributed by atoms with E-state index in [-0.39, 0.29) is 12.2 Å². The van der Waals surface area contributed by atoms with Gasteiger partial charge in [0.05, 0.1) is 11.1 Å². The van der Waals surface area contributed by atoms with Gasteiger partial charge < -0.3 is 9.72 Å². The molecule has 0 spiro atoms. The fourth-order valence-corrected chi connectivity index (χ4v) is 2.38. The van der Waals surface area contributed by atoms with E-state index in [2.05, 4.69) is 4.98 Å².